The van der Waals surface area contributed by atoms with Crippen molar-refractivity contribution in [1.82, 2.24) is 20.7 Å². The van der Waals surface area contributed by atoms with Gasteiger partial charge in [0.05, 0.1) is 31.4 Å². The Hall–Kier alpha value is -2.80. The summed E-state index contributed by atoms with van der Waals surface area (Å²) in [5, 5.41) is 5.48. The highest BCUT2D eigenvalue weighted by atomic mass is 32.1. The maximum Gasteiger partial charge on any atom is 0.338 e. The predicted octanol–water partition coefficient (Wildman–Crippen LogP) is 2.72. The molecule has 186 valence electrons. The number of aliphatic imine (C=N–C) groups is 1. The monoisotopic (exact) mass is 507 g/mol. The quantitative estimate of drug-likeness (QED) is 0.582. The summed E-state index contributed by atoms with van der Waals surface area (Å²) in [5.41, 5.74) is 3.75. The third-order valence-corrected chi connectivity index (χ3v) is 7.19. The minimum absolute atomic E-state index is 0.00873. The molecule has 3 aliphatic rings. The van der Waals surface area contributed by atoms with Crippen molar-refractivity contribution in [2.75, 3.05) is 26.3 Å². The van der Waals surface area contributed by atoms with Gasteiger partial charge in [0.1, 0.15) is 17.9 Å². The van der Waals surface area contributed by atoms with E-state index in [1.807, 2.05) is 0 Å². The standard InChI is InChI=1S/C23H24F3N5O3S/c1-3-33-22(32)17-15(9-31-11-23(25,26)19-16(31)10-34-30-19)28-20(21-27-7-8-35-21)29-18(17)13-5-4-6-14(24)12(13)2/h4-8,16,18-19,30H,3,9-11H2,1-2H3,(H,28,29)/t16-,18-,19+/m0/s1. The lowest BCUT2D eigenvalue weighted by Crippen LogP contribution is -2.43. The molecule has 0 spiro atoms. The van der Waals surface area contributed by atoms with Gasteiger partial charge in [0.2, 0.25) is 0 Å². The second kappa shape index (κ2) is 9.34. The molecule has 2 aromatic rings. The normalized spacial score (nSPS) is 25.9. The third kappa shape index (κ3) is 4.35. The zero-order valence-corrected chi connectivity index (χ0v) is 19.9. The van der Waals surface area contributed by atoms with Crippen molar-refractivity contribution in [3.05, 3.63) is 63.0 Å². The number of likely N-dealkylation sites (tertiary alicyclic amines) is 1. The molecule has 8 nitrogen and oxygen atoms in total. The van der Waals surface area contributed by atoms with Crippen LogP contribution in [-0.4, -0.2) is 66.0 Å². The van der Waals surface area contributed by atoms with E-state index in [1.165, 1.54) is 17.4 Å². The Morgan fingerprint density at radius 2 is 2.23 bits per heavy atom. The van der Waals surface area contributed by atoms with Gasteiger partial charge >= 0.3 is 5.97 Å². The van der Waals surface area contributed by atoms with Crippen LogP contribution in [0.3, 0.4) is 0 Å². The van der Waals surface area contributed by atoms with Gasteiger partial charge in [-0.15, -0.1) is 11.3 Å². The van der Waals surface area contributed by atoms with Crippen molar-refractivity contribution in [3.8, 4) is 0 Å². The fourth-order valence-corrected chi connectivity index (χ4v) is 5.30. The molecule has 35 heavy (non-hydrogen) atoms. The van der Waals surface area contributed by atoms with Crippen molar-refractivity contribution in [3.63, 3.8) is 0 Å². The summed E-state index contributed by atoms with van der Waals surface area (Å²) in [6, 6.07) is 1.94. The van der Waals surface area contributed by atoms with Gasteiger partial charge in [0, 0.05) is 23.8 Å². The number of halogens is 3. The van der Waals surface area contributed by atoms with Gasteiger partial charge in [-0.2, -0.15) is 5.48 Å². The SMILES string of the molecule is CCOC(=O)C1=C(CN2CC(F)(F)[C@@H]3NOC[C@@H]32)NC(c2nccs2)=N[C@H]1c1cccc(F)c1C. The van der Waals surface area contributed by atoms with Gasteiger partial charge < -0.3 is 10.1 Å². The molecular formula is C23H24F3N5O3S. The van der Waals surface area contributed by atoms with Gasteiger partial charge in [-0.1, -0.05) is 12.1 Å². The summed E-state index contributed by atoms with van der Waals surface area (Å²) in [6.07, 6.45) is 1.62. The van der Waals surface area contributed by atoms with Crippen LogP contribution < -0.4 is 10.8 Å². The lowest BCUT2D eigenvalue weighted by Gasteiger charge is -2.31. The fraction of sp³-hybridized carbons (Fsp3) is 0.435. The Morgan fingerprint density at radius 3 is 2.97 bits per heavy atom. The molecule has 1 aromatic carbocycles. The van der Waals surface area contributed by atoms with E-state index in [0.29, 0.717) is 27.7 Å². The molecule has 2 saturated heterocycles. The van der Waals surface area contributed by atoms with Crippen LogP contribution in [-0.2, 0) is 14.4 Å². The number of carbonyl (C=O) groups excluding carboxylic acids is 1. The number of hydroxylamine groups is 1. The lowest BCUT2D eigenvalue weighted by atomic mass is 9.92. The third-order valence-electron chi connectivity index (χ3n) is 6.41. The molecule has 3 aliphatic heterocycles. The molecule has 3 atom stereocenters. The van der Waals surface area contributed by atoms with Crippen LogP contribution in [0.2, 0.25) is 0 Å². The topological polar surface area (TPSA) is 88.1 Å². The van der Waals surface area contributed by atoms with Crippen molar-refractivity contribution >= 4 is 23.1 Å². The Balaban J connectivity index is 1.61. The maximum absolute atomic E-state index is 14.6. The number of thiazole rings is 1. The molecule has 2 fully saturated rings. The molecule has 0 unspecified atom stereocenters. The van der Waals surface area contributed by atoms with E-state index < -0.39 is 42.4 Å². The second-order valence-corrected chi connectivity index (χ2v) is 9.44. The molecule has 12 heteroatoms. The molecule has 0 bridgehead atoms. The summed E-state index contributed by atoms with van der Waals surface area (Å²) in [5.74, 6) is -3.72. The van der Waals surface area contributed by atoms with Gasteiger partial charge in [-0.25, -0.2) is 22.9 Å². The summed E-state index contributed by atoms with van der Waals surface area (Å²) in [7, 11) is 0. The van der Waals surface area contributed by atoms with Crippen LogP contribution in [0.25, 0.3) is 0 Å². The number of hydrogen-bond acceptors (Lipinski definition) is 9. The number of rotatable bonds is 6. The number of alkyl halides is 2. The fourth-order valence-electron chi connectivity index (χ4n) is 4.71. The number of aromatic nitrogens is 1. The summed E-state index contributed by atoms with van der Waals surface area (Å²) >= 11 is 1.33. The highest BCUT2D eigenvalue weighted by Gasteiger charge is 2.57. The Bertz CT molecular complexity index is 1190. The lowest BCUT2D eigenvalue weighted by molar-refractivity contribution is -0.139. The van der Waals surface area contributed by atoms with Crippen LogP contribution in [0.4, 0.5) is 13.2 Å². The first-order chi connectivity index (χ1) is 16.8. The molecule has 0 radical (unpaired) electrons. The maximum atomic E-state index is 14.6. The van der Waals surface area contributed by atoms with E-state index in [0.717, 1.165) is 0 Å². The number of nitrogens with zero attached hydrogens (tertiary/aromatic N) is 3. The number of fused-ring (bicyclic) bond motifs is 1. The van der Waals surface area contributed by atoms with Gasteiger partial charge in [0.25, 0.3) is 5.92 Å². The predicted molar refractivity (Wildman–Crippen MR) is 123 cm³/mol. The minimum Gasteiger partial charge on any atom is -0.463 e. The zero-order valence-electron chi connectivity index (χ0n) is 19.1. The highest BCUT2D eigenvalue weighted by Crippen LogP contribution is 2.39. The number of amidine groups is 1. The van der Waals surface area contributed by atoms with E-state index in [9.17, 15) is 18.0 Å². The van der Waals surface area contributed by atoms with Crippen molar-refractivity contribution in [1.29, 1.82) is 0 Å². The van der Waals surface area contributed by atoms with Crippen molar-refractivity contribution in [2.45, 2.75) is 37.9 Å². The van der Waals surface area contributed by atoms with E-state index in [-0.39, 0.29) is 25.3 Å². The second-order valence-electron chi connectivity index (χ2n) is 8.55. The van der Waals surface area contributed by atoms with Crippen LogP contribution in [0.15, 0.2) is 46.0 Å². The smallest absolute Gasteiger partial charge is 0.338 e. The Kier molecular flexibility index (Phi) is 6.38. The Labute approximate surface area is 203 Å². The summed E-state index contributed by atoms with van der Waals surface area (Å²) < 4.78 is 49.1. The molecule has 4 heterocycles. The Morgan fingerprint density at radius 1 is 1.40 bits per heavy atom. The summed E-state index contributed by atoms with van der Waals surface area (Å²) in [4.78, 5) is 28.9. The molecular weight excluding hydrogens is 483 g/mol. The number of hydrogen-bond donors (Lipinski definition) is 2. The van der Waals surface area contributed by atoms with Gasteiger partial charge in [-0.3, -0.25) is 14.7 Å². The average molecular weight is 508 g/mol. The average Bonchev–Trinajstić information content (AvgIpc) is 3.56. The molecule has 0 amide bonds. The minimum atomic E-state index is -3.01. The molecule has 0 saturated carbocycles. The number of carbonyl (C=O) groups is 1. The van der Waals surface area contributed by atoms with Crippen LogP contribution >= 0.6 is 11.3 Å². The first-order valence-electron chi connectivity index (χ1n) is 11.2. The van der Waals surface area contributed by atoms with Gasteiger partial charge in [0.15, 0.2) is 10.8 Å². The molecule has 5 rings (SSSR count). The largest absolute Gasteiger partial charge is 0.463 e. The highest BCUT2D eigenvalue weighted by molar-refractivity contribution is 7.11. The van der Waals surface area contributed by atoms with Crippen LogP contribution in [0, 0.1) is 12.7 Å². The van der Waals surface area contributed by atoms with E-state index >= 15 is 0 Å². The molecule has 0 aliphatic carbocycles. The van der Waals surface area contributed by atoms with Crippen molar-refractivity contribution < 1.29 is 27.5 Å². The number of esters is 1. The van der Waals surface area contributed by atoms with Gasteiger partial charge in [-0.05, 0) is 31.0 Å². The van der Waals surface area contributed by atoms with E-state index in [4.69, 9.17) is 14.6 Å². The first-order valence-corrected chi connectivity index (χ1v) is 12.1. The zero-order chi connectivity index (χ0) is 24.7. The number of nitrogens with one attached hydrogen (secondary N) is 2. The number of ether oxygens (including phenoxy) is 1. The van der Waals surface area contributed by atoms with Crippen LogP contribution in [0.1, 0.15) is 29.1 Å². The van der Waals surface area contributed by atoms with Crippen molar-refractivity contribution in [2.24, 2.45) is 4.99 Å². The molecule has 1 aromatic heterocycles. The van der Waals surface area contributed by atoms with E-state index in [1.54, 1.807) is 42.5 Å². The first kappa shape index (κ1) is 23.9. The van der Waals surface area contributed by atoms with E-state index in [2.05, 4.69) is 15.8 Å². The summed E-state index contributed by atoms with van der Waals surface area (Å²) in [6.45, 7) is 2.97. The molecule has 2 N–H and O–H groups in total. The van der Waals surface area contributed by atoms with Crippen LogP contribution in [0.5, 0.6) is 0 Å². The number of benzene rings is 1.